The van der Waals surface area contributed by atoms with Gasteiger partial charge in [0.25, 0.3) is 5.88 Å². The number of methoxy groups -OCH3 is 1. The minimum Gasteiger partial charge on any atom is -0.472 e. The van der Waals surface area contributed by atoms with Crippen molar-refractivity contribution in [2.24, 2.45) is 5.92 Å². The molecule has 0 aliphatic heterocycles. The van der Waals surface area contributed by atoms with Gasteiger partial charge in [-0.25, -0.2) is 4.63 Å². The molecule has 2 N–H and O–H groups in total. The summed E-state index contributed by atoms with van der Waals surface area (Å²) in [5.74, 6) is 0.167. The maximum Gasteiger partial charge on any atom is 0.278 e. The van der Waals surface area contributed by atoms with E-state index in [1.165, 1.54) is 0 Å². The van der Waals surface area contributed by atoms with Gasteiger partial charge in [-0.05, 0) is 31.3 Å². The van der Waals surface area contributed by atoms with Gasteiger partial charge in [0, 0.05) is 13.0 Å². The molecule has 1 fully saturated rings. The minimum atomic E-state index is -0.481. The zero-order chi connectivity index (χ0) is 15.2. The Balaban J connectivity index is 1.69. The molecule has 21 heavy (non-hydrogen) atoms. The first-order valence-electron chi connectivity index (χ1n) is 7.02. The second kappa shape index (κ2) is 7.37. The van der Waals surface area contributed by atoms with Crippen LogP contribution in [0.3, 0.4) is 0 Å². The zero-order valence-electron chi connectivity index (χ0n) is 12.2. The quantitative estimate of drug-likeness (QED) is 0.715. The van der Waals surface area contributed by atoms with E-state index in [0.29, 0.717) is 44.0 Å². The van der Waals surface area contributed by atoms with Gasteiger partial charge in [0.05, 0.1) is 18.8 Å². The Kier molecular flexibility index (Phi) is 5.51. The fourth-order valence-corrected chi connectivity index (χ4v) is 2.43. The van der Waals surface area contributed by atoms with E-state index in [-0.39, 0.29) is 17.9 Å². The summed E-state index contributed by atoms with van der Waals surface area (Å²) >= 11 is 0. The largest absolute Gasteiger partial charge is 0.472 e. The number of nitrogens with zero attached hydrogens (tertiary/aromatic N) is 2. The van der Waals surface area contributed by atoms with Crippen LogP contribution in [0.25, 0.3) is 0 Å². The molecular formula is C13H21N3O5. The molecule has 0 saturated heterocycles. The number of amides is 1. The van der Waals surface area contributed by atoms with Crippen molar-refractivity contribution in [2.75, 3.05) is 20.3 Å². The lowest BCUT2D eigenvalue weighted by Gasteiger charge is -2.31. The number of aliphatic hydroxyl groups excluding tert-OH is 1. The standard InChI is InChI=1S/C13H21N3O5/c1-8-13(16-21-15-8)20-6-5-14-12(18)9-3-4-10(17)11(7-9)19-2/h9-11,17H,3-7H2,1-2H3,(H,14,18)/t9-,10+,11-/m1/s1. The number of carbonyl (C=O) groups excluding carboxylic acids is 1. The molecule has 3 atom stereocenters. The third-order valence-electron chi connectivity index (χ3n) is 3.68. The normalized spacial score (nSPS) is 25.6. The highest BCUT2D eigenvalue weighted by molar-refractivity contribution is 5.78. The molecular weight excluding hydrogens is 278 g/mol. The van der Waals surface area contributed by atoms with Crippen molar-refractivity contribution in [1.82, 2.24) is 15.6 Å². The van der Waals surface area contributed by atoms with Gasteiger partial charge in [0.15, 0.2) is 0 Å². The summed E-state index contributed by atoms with van der Waals surface area (Å²) in [6.07, 6.45) is 1.03. The SMILES string of the molecule is CO[C@@H]1C[C@H](C(=O)NCCOc2nonc2C)CC[C@@H]1O. The molecule has 1 aromatic rings. The number of carbonyl (C=O) groups is 1. The molecule has 1 heterocycles. The molecule has 1 aliphatic rings. The molecule has 8 heteroatoms. The van der Waals surface area contributed by atoms with Crippen molar-refractivity contribution in [3.63, 3.8) is 0 Å². The Morgan fingerprint density at radius 2 is 2.29 bits per heavy atom. The minimum absolute atomic E-state index is 0.0393. The van der Waals surface area contributed by atoms with Crippen molar-refractivity contribution in [2.45, 2.75) is 38.4 Å². The first kappa shape index (κ1) is 15.7. The number of hydrogen-bond acceptors (Lipinski definition) is 7. The van der Waals surface area contributed by atoms with Crippen molar-refractivity contribution < 1.29 is 24.0 Å². The van der Waals surface area contributed by atoms with Crippen LogP contribution in [0.1, 0.15) is 25.0 Å². The Morgan fingerprint density at radius 1 is 1.48 bits per heavy atom. The van der Waals surface area contributed by atoms with Crippen molar-refractivity contribution >= 4 is 5.91 Å². The molecule has 118 valence electrons. The topological polar surface area (TPSA) is 107 Å². The van der Waals surface area contributed by atoms with Gasteiger partial charge in [0.1, 0.15) is 12.3 Å². The number of aliphatic hydroxyl groups is 1. The lowest BCUT2D eigenvalue weighted by atomic mass is 9.84. The summed E-state index contributed by atoms with van der Waals surface area (Å²) in [5, 5.41) is 19.7. The Labute approximate surface area is 122 Å². The summed E-state index contributed by atoms with van der Waals surface area (Å²) in [7, 11) is 1.55. The van der Waals surface area contributed by atoms with E-state index in [1.807, 2.05) is 0 Å². The maximum absolute atomic E-state index is 12.0. The van der Waals surface area contributed by atoms with Crippen LogP contribution in [0.5, 0.6) is 5.88 Å². The smallest absolute Gasteiger partial charge is 0.278 e. The summed E-state index contributed by atoms with van der Waals surface area (Å²) < 4.78 is 15.0. The van der Waals surface area contributed by atoms with Crippen LogP contribution >= 0.6 is 0 Å². The molecule has 1 aliphatic carbocycles. The highest BCUT2D eigenvalue weighted by atomic mass is 16.6. The van der Waals surface area contributed by atoms with Crippen LogP contribution in [-0.4, -0.2) is 53.8 Å². The molecule has 0 unspecified atom stereocenters. The van der Waals surface area contributed by atoms with Gasteiger partial charge in [-0.1, -0.05) is 5.16 Å². The van der Waals surface area contributed by atoms with E-state index in [2.05, 4.69) is 20.3 Å². The first-order chi connectivity index (χ1) is 10.1. The number of aryl methyl sites for hydroxylation is 1. The third-order valence-corrected chi connectivity index (χ3v) is 3.68. The van der Waals surface area contributed by atoms with Gasteiger partial charge in [-0.3, -0.25) is 4.79 Å². The summed E-state index contributed by atoms with van der Waals surface area (Å²) in [5.41, 5.74) is 0.575. The number of aromatic nitrogens is 2. The van der Waals surface area contributed by atoms with Gasteiger partial charge < -0.3 is 19.9 Å². The molecule has 1 saturated carbocycles. The third kappa shape index (κ3) is 4.15. The molecule has 1 amide bonds. The van der Waals surface area contributed by atoms with Crippen LogP contribution in [0.4, 0.5) is 0 Å². The lowest BCUT2D eigenvalue weighted by Crippen LogP contribution is -2.42. The Hall–Kier alpha value is -1.67. The molecule has 2 rings (SSSR count). The molecule has 0 bridgehead atoms. The summed E-state index contributed by atoms with van der Waals surface area (Å²) in [4.78, 5) is 12.0. The van der Waals surface area contributed by atoms with Gasteiger partial charge in [-0.2, -0.15) is 0 Å². The number of rotatable bonds is 6. The van der Waals surface area contributed by atoms with Crippen molar-refractivity contribution in [3.05, 3.63) is 5.69 Å². The van der Waals surface area contributed by atoms with Crippen LogP contribution in [-0.2, 0) is 9.53 Å². The van der Waals surface area contributed by atoms with E-state index in [0.717, 1.165) is 0 Å². The van der Waals surface area contributed by atoms with Crippen LogP contribution in [0.15, 0.2) is 4.63 Å². The number of nitrogens with one attached hydrogen (secondary N) is 1. The Morgan fingerprint density at radius 3 is 2.95 bits per heavy atom. The van der Waals surface area contributed by atoms with Gasteiger partial charge in [0.2, 0.25) is 5.91 Å². The summed E-state index contributed by atoms with van der Waals surface area (Å²) in [6, 6.07) is 0. The molecule has 1 aromatic heterocycles. The van der Waals surface area contributed by atoms with Crippen LogP contribution in [0.2, 0.25) is 0 Å². The fraction of sp³-hybridized carbons (Fsp3) is 0.769. The average Bonchev–Trinajstić information content (AvgIpc) is 2.89. The molecule has 0 spiro atoms. The zero-order valence-corrected chi connectivity index (χ0v) is 12.2. The molecule has 0 aromatic carbocycles. The Bertz CT molecular complexity index is 464. The van der Waals surface area contributed by atoms with Crippen LogP contribution in [0, 0.1) is 12.8 Å². The maximum atomic E-state index is 12.0. The highest BCUT2D eigenvalue weighted by Crippen LogP contribution is 2.26. The number of hydrogen-bond donors (Lipinski definition) is 2. The van der Waals surface area contributed by atoms with Crippen molar-refractivity contribution in [1.29, 1.82) is 0 Å². The molecule has 8 nitrogen and oxygen atoms in total. The lowest BCUT2D eigenvalue weighted by molar-refractivity contribution is -0.130. The van der Waals surface area contributed by atoms with Gasteiger partial charge >= 0.3 is 0 Å². The van der Waals surface area contributed by atoms with E-state index in [9.17, 15) is 9.90 Å². The van der Waals surface area contributed by atoms with Crippen LogP contribution < -0.4 is 10.1 Å². The van der Waals surface area contributed by atoms with E-state index < -0.39 is 6.10 Å². The van der Waals surface area contributed by atoms with Crippen molar-refractivity contribution in [3.8, 4) is 5.88 Å². The summed E-state index contributed by atoms with van der Waals surface area (Å²) in [6.45, 7) is 2.40. The fourth-order valence-electron chi connectivity index (χ4n) is 2.43. The van der Waals surface area contributed by atoms with Gasteiger partial charge in [-0.15, -0.1) is 0 Å². The predicted molar refractivity (Wildman–Crippen MR) is 71.7 cm³/mol. The second-order valence-electron chi connectivity index (χ2n) is 5.15. The second-order valence-corrected chi connectivity index (χ2v) is 5.15. The van der Waals surface area contributed by atoms with E-state index >= 15 is 0 Å². The molecule has 0 radical (unpaired) electrons. The monoisotopic (exact) mass is 299 g/mol. The average molecular weight is 299 g/mol. The first-order valence-corrected chi connectivity index (χ1v) is 7.02. The predicted octanol–water partition coefficient (Wildman–Crippen LogP) is 0.0490. The van der Waals surface area contributed by atoms with E-state index in [1.54, 1.807) is 14.0 Å². The highest BCUT2D eigenvalue weighted by Gasteiger charge is 2.32. The van der Waals surface area contributed by atoms with E-state index in [4.69, 9.17) is 9.47 Å². The number of ether oxygens (including phenoxy) is 2.